The van der Waals surface area contributed by atoms with Crippen LogP contribution in [-0.2, 0) is 16.0 Å². The second-order valence-electron chi connectivity index (χ2n) is 4.65. The number of benzene rings is 1. The first-order valence-electron chi connectivity index (χ1n) is 6.14. The lowest BCUT2D eigenvalue weighted by Gasteiger charge is -2.20. The minimum absolute atomic E-state index is 0.144. The summed E-state index contributed by atoms with van der Waals surface area (Å²) in [5.74, 6) is -1.01. The van der Waals surface area contributed by atoms with Crippen LogP contribution >= 0.6 is 15.9 Å². The first-order chi connectivity index (χ1) is 9.35. The normalized spacial score (nSPS) is 11.8. The molecule has 0 bridgehead atoms. The van der Waals surface area contributed by atoms with Crippen molar-refractivity contribution >= 4 is 27.8 Å². The van der Waals surface area contributed by atoms with Gasteiger partial charge in [0.2, 0.25) is 5.91 Å². The SMILES string of the molecule is COc1ccc(Br)cc1CC(=O)N(C)CC(C)C(=O)O. The van der Waals surface area contributed by atoms with Crippen LogP contribution in [0.5, 0.6) is 5.75 Å². The molecule has 0 radical (unpaired) electrons. The van der Waals surface area contributed by atoms with Gasteiger partial charge in [-0.15, -0.1) is 0 Å². The third-order valence-corrected chi connectivity index (χ3v) is 3.47. The fraction of sp³-hybridized carbons (Fsp3) is 0.429. The molecule has 110 valence electrons. The van der Waals surface area contributed by atoms with Gasteiger partial charge < -0.3 is 14.7 Å². The van der Waals surface area contributed by atoms with Crippen molar-refractivity contribution < 1.29 is 19.4 Å². The summed E-state index contributed by atoms with van der Waals surface area (Å²) in [7, 11) is 3.15. The van der Waals surface area contributed by atoms with Crippen molar-refractivity contribution in [2.24, 2.45) is 5.92 Å². The number of rotatable bonds is 6. The summed E-state index contributed by atoms with van der Waals surface area (Å²) < 4.78 is 6.08. The molecule has 0 fully saturated rings. The number of likely N-dealkylation sites (N-methyl/N-ethyl adjacent to an activating group) is 1. The van der Waals surface area contributed by atoms with Gasteiger partial charge in [-0.25, -0.2) is 0 Å². The predicted molar refractivity (Wildman–Crippen MR) is 78.8 cm³/mol. The Morgan fingerprint density at radius 1 is 1.45 bits per heavy atom. The summed E-state index contributed by atoms with van der Waals surface area (Å²) in [5.41, 5.74) is 0.765. The highest BCUT2D eigenvalue weighted by Crippen LogP contribution is 2.23. The smallest absolute Gasteiger partial charge is 0.308 e. The average Bonchev–Trinajstić information content (AvgIpc) is 2.38. The van der Waals surface area contributed by atoms with Crippen LogP contribution in [0, 0.1) is 5.92 Å². The minimum Gasteiger partial charge on any atom is -0.496 e. The van der Waals surface area contributed by atoms with Crippen LogP contribution in [0.3, 0.4) is 0 Å². The number of carbonyl (C=O) groups is 2. The van der Waals surface area contributed by atoms with E-state index in [0.717, 1.165) is 10.0 Å². The molecule has 1 rings (SSSR count). The summed E-state index contributed by atoms with van der Waals surface area (Å²) in [6.45, 7) is 1.76. The summed E-state index contributed by atoms with van der Waals surface area (Å²) in [5, 5.41) is 8.86. The van der Waals surface area contributed by atoms with Gasteiger partial charge in [0.1, 0.15) is 5.75 Å². The van der Waals surface area contributed by atoms with Gasteiger partial charge in [-0.2, -0.15) is 0 Å². The average molecular weight is 344 g/mol. The standard InChI is InChI=1S/C14H18BrNO4/c1-9(14(18)19)8-16(2)13(17)7-10-6-11(15)4-5-12(10)20-3/h4-6,9H,7-8H2,1-3H3,(H,18,19). The van der Waals surface area contributed by atoms with Crippen molar-refractivity contribution in [1.29, 1.82) is 0 Å². The van der Waals surface area contributed by atoms with Crippen molar-refractivity contribution in [2.45, 2.75) is 13.3 Å². The van der Waals surface area contributed by atoms with Gasteiger partial charge in [0.15, 0.2) is 0 Å². The highest BCUT2D eigenvalue weighted by Gasteiger charge is 2.18. The molecule has 0 saturated heterocycles. The van der Waals surface area contributed by atoms with E-state index in [0.29, 0.717) is 5.75 Å². The first-order valence-corrected chi connectivity index (χ1v) is 6.93. The van der Waals surface area contributed by atoms with Gasteiger partial charge in [0, 0.05) is 23.6 Å². The molecule has 6 heteroatoms. The van der Waals surface area contributed by atoms with Gasteiger partial charge in [0.25, 0.3) is 0 Å². The summed E-state index contributed by atoms with van der Waals surface area (Å²) in [4.78, 5) is 24.3. The quantitative estimate of drug-likeness (QED) is 0.859. The molecular weight excluding hydrogens is 326 g/mol. The molecule has 0 heterocycles. The Balaban J connectivity index is 2.75. The van der Waals surface area contributed by atoms with Gasteiger partial charge in [-0.05, 0) is 18.2 Å². The topological polar surface area (TPSA) is 66.8 Å². The number of carboxylic acids is 1. The largest absolute Gasteiger partial charge is 0.496 e. The van der Waals surface area contributed by atoms with Crippen LogP contribution in [0.4, 0.5) is 0 Å². The van der Waals surface area contributed by atoms with Crippen molar-refractivity contribution in [1.82, 2.24) is 4.90 Å². The molecule has 0 spiro atoms. The maximum Gasteiger partial charge on any atom is 0.308 e. The molecule has 0 aliphatic rings. The number of hydrogen-bond donors (Lipinski definition) is 1. The highest BCUT2D eigenvalue weighted by molar-refractivity contribution is 9.10. The lowest BCUT2D eigenvalue weighted by atomic mass is 10.1. The van der Waals surface area contributed by atoms with Crippen molar-refractivity contribution in [3.05, 3.63) is 28.2 Å². The number of amides is 1. The Hall–Kier alpha value is -1.56. The number of carbonyl (C=O) groups excluding carboxylic acids is 1. The third kappa shape index (κ3) is 4.52. The fourth-order valence-electron chi connectivity index (χ4n) is 1.77. The van der Waals surface area contributed by atoms with Crippen LogP contribution < -0.4 is 4.74 Å². The molecule has 1 atom stereocenters. The molecule has 0 aliphatic heterocycles. The Bertz CT molecular complexity index is 504. The summed E-state index contributed by atoms with van der Waals surface area (Å²) >= 11 is 3.35. The molecule has 1 aromatic carbocycles. The number of halogens is 1. The summed E-state index contributed by atoms with van der Waals surface area (Å²) in [6.07, 6.45) is 0.172. The summed E-state index contributed by atoms with van der Waals surface area (Å²) in [6, 6.07) is 5.45. The molecule has 1 aromatic rings. The Labute approximate surface area is 126 Å². The number of ether oxygens (including phenoxy) is 1. The predicted octanol–water partition coefficient (Wildman–Crippen LogP) is 2.18. The van der Waals surface area contributed by atoms with Gasteiger partial charge in [-0.1, -0.05) is 22.9 Å². The molecular formula is C14H18BrNO4. The zero-order chi connectivity index (χ0) is 15.3. The van der Waals surface area contributed by atoms with E-state index in [-0.39, 0.29) is 18.9 Å². The zero-order valence-electron chi connectivity index (χ0n) is 11.7. The molecule has 1 unspecified atom stereocenters. The van der Waals surface area contributed by atoms with Crippen molar-refractivity contribution in [3.8, 4) is 5.75 Å². The van der Waals surface area contributed by atoms with E-state index in [4.69, 9.17) is 9.84 Å². The van der Waals surface area contributed by atoms with Crippen molar-refractivity contribution in [3.63, 3.8) is 0 Å². The molecule has 0 saturated carbocycles. The molecule has 0 aliphatic carbocycles. The van der Waals surface area contributed by atoms with E-state index < -0.39 is 11.9 Å². The highest BCUT2D eigenvalue weighted by atomic mass is 79.9. The van der Waals surface area contributed by atoms with Crippen LogP contribution in [-0.4, -0.2) is 42.6 Å². The number of nitrogens with zero attached hydrogens (tertiary/aromatic N) is 1. The number of carboxylic acid groups (broad SMARTS) is 1. The third-order valence-electron chi connectivity index (χ3n) is 2.98. The van der Waals surface area contributed by atoms with E-state index >= 15 is 0 Å². The monoisotopic (exact) mass is 343 g/mol. The molecule has 0 aromatic heterocycles. The Morgan fingerprint density at radius 3 is 2.65 bits per heavy atom. The number of hydrogen-bond acceptors (Lipinski definition) is 3. The van der Waals surface area contributed by atoms with Crippen LogP contribution in [0.25, 0.3) is 0 Å². The first kappa shape index (κ1) is 16.5. The van der Waals surface area contributed by atoms with Gasteiger partial charge >= 0.3 is 5.97 Å². The molecule has 20 heavy (non-hydrogen) atoms. The number of methoxy groups -OCH3 is 1. The van der Waals surface area contributed by atoms with E-state index in [1.165, 1.54) is 4.90 Å². The van der Waals surface area contributed by atoms with Gasteiger partial charge in [0.05, 0.1) is 19.4 Å². The van der Waals surface area contributed by atoms with E-state index in [2.05, 4.69) is 15.9 Å². The molecule has 1 N–H and O–H groups in total. The van der Waals surface area contributed by atoms with Crippen LogP contribution in [0.15, 0.2) is 22.7 Å². The maximum atomic E-state index is 12.1. The minimum atomic E-state index is -0.912. The Kier molecular flexibility index (Phi) is 6.01. The van der Waals surface area contributed by atoms with E-state index in [9.17, 15) is 9.59 Å². The lowest BCUT2D eigenvalue weighted by molar-refractivity contribution is -0.142. The second-order valence-corrected chi connectivity index (χ2v) is 5.56. The van der Waals surface area contributed by atoms with Crippen LogP contribution in [0.1, 0.15) is 12.5 Å². The Morgan fingerprint density at radius 2 is 2.10 bits per heavy atom. The maximum absolute atomic E-state index is 12.1. The molecule has 1 amide bonds. The van der Waals surface area contributed by atoms with Crippen molar-refractivity contribution in [2.75, 3.05) is 20.7 Å². The lowest BCUT2D eigenvalue weighted by Crippen LogP contribution is -2.34. The second kappa shape index (κ2) is 7.28. The fourth-order valence-corrected chi connectivity index (χ4v) is 2.18. The number of aliphatic carboxylic acids is 1. The van der Waals surface area contributed by atoms with Gasteiger partial charge in [-0.3, -0.25) is 9.59 Å². The van der Waals surface area contributed by atoms with E-state index in [1.54, 1.807) is 27.1 Å². The molecule has 5 nitrogen and oxygen atoms in total. The van der Waals surface area contributed by atoms with E-state index in [1.807, 2.05) is 12.1 Å². The van der Waals surface area contributed by atoms with Crippen LogP contribution in [0.2, 0.25) is 0 Å². The zero-order valence-corrected chi connectivity index (χ0v) is 13.3.